The fourth-order valence-electron chi connectivity index (χ4n) is 1.49. The second-order valence-corrected chi connectivity index (χ2v) is 3.63. The van der Waals surface area contributed by atoms with Crippen LogP contribution in [0.4, 0.5) is 0 Å². The zero-order chi connectivity index (χ0) is 11.7. The number of carbonyl (C=O) groups is 1. The van der Waals surface area contributed by atoms with E-state index in [1.165, 1.54) is 7.11 Å². The Morgan fingerprint density at radius 3 is 2.94 bits per heavy atom. The van der Waals surface area contributed by atoms with Crippen molar-refractivity contribution in [3.63, 3.8) is 0 Å². The summed E-state index contributed by atoms with van der Waals surface area (Å²) in [5.41, 5.74) is 0.825. The van der Waals surface area contributed by atoms with Crippen molar-refractivity contribution in [2.75, 3.05) is 7.11 Å². The van der Waals surface area contributed by atoms with E-state index in [0.29, 0.717) is 16.1 Å². The Balaban J connectivity index is 2.62. The Labute approximate surface area is 97.0 Å². The van der Waals surface area contributed by atoms with Crippen molar-refractivity contribution in [3.05, 3.63) is 23.0 Å². The Morgan fingerprint density at radius 1 is 1.56 bits per heavy atom. The molecule has 0 aromatic carbocycles. The van der Waals surface area contributed by atoms with E-state index in [0.717, 1.165) is 6.54 Å². The van der Waals surface area contributed by atoms with Crippen LogP contribution in [-0.4, -0.2) is 27.8 Å². The van der Waals surface area contributed by atoms with Crippen molar-refractivity contribution < 1.29 is 9.53 Å². The lowest BCUT2D eigenvalue weighted by molar-refractivity contribution is 0.0593. The molecule has 6 heteroatoms. The number of aromatic nitrogens is 3. The molecule has 0 unspecified atom stereocenters. The highest BCUT2D eigenvalue weighted by atomic mass is 35.5. The molecular formula is C10H10ClN3O2. The lowest BCUT2D eigenvalue weighted by atomic mass is 10.3. The molecule has 0 N–H and O–H groups in total. The maximum absolute atomic E-state index is 11.3. The van der Waals surface area contributed by atoms with Crippen LogP contribution in [0.15, 0.2) is 12.3 Å². The van der Waals surface area contributed by atoms with Crippen molar-refractivity contribution >= 4 is 28.6 Å². The molecule has 0 aliphatic heterocycles. The van der Waals surface area contributed by atoms with E-state index in [4.69, 9.17) is 11.6 Å². The molecule has 0 aliphatic carbocycles. The third kappa shape index (κ3) is 1.63. The monoisotopic (exact) mass is 239 g/mol. The van der Waals surface area contributed by atoms with Crippen LogP contribution in [0.5, 0.6) is 0 Å². The maximum atomic E-state index is 11.3. The molecule has 84 valence electrons. The molecule has 0 radical (unpaired) electrons. The van der Waals surface area contributed by atoms with Gasteiger partial charge in [0, 0.05) is 18.1 Å². The molecule has 2 heterocycles. The van der Waals surface area contributed by atoms with Gasteiger partial charge in [0.2, 0.25) is 0 Å². The molecule has 2 rings (SSSR count). The van der Waals surface area contributed by atoms with Gasteiger partial charge in [-0.25, -0.2) is 4.79 Å². The van der Waals surface area contributed by atoms with Gasteiger partial charge in [-0.15, -0.1) is 10.2 Å². The van der Waals surface area contributed by atoms with Gasteiger partial charge < -0.3 is 9.30 Å². The van der Waals surface area contributed by atoms with Crippen LogP contribution in [0.25, 0.3) is 11.0 Å². The van der Waals surface area contributed by atoms with E-state index in [9.17, 15) is 4.79 Å². The summed E-state index contributed by atoms with van der Waals surface area (Å²) in [6, 6.07) is 1.59. The Bertz CT molecular complexity index is 550. The molecule has 0 spiro atoms. The highest BCUT2D eigenvalue weighted by Crippen LogP contribution is 2.24. The zero-order valence-electron chi connectivity index (χ0n) is 8.90. The van der Waals surface area contributed by atoms with Gasteiger partial charge in [-0.1, -0.05) is 11.6 Å². The first kappa shape index (κ1) is 10.9. The molecule has 0 aliphatic rings. The van der Waals surface area contributed by atoms with Gasteiger partial charge in [0.1, 0.15) is 0 Å². The molecule has 2 aromatic rings. The van der Waals surface area contributed by atoms with Crippen molar-refractivity contribution in [2.24, 2.45) is 0 Å². The average Bonchev–Trinajstić information content (AvgIpc) is 2.64. The van der Waals surface area contributed by atoms with Gasteiger partial charge in [0.15, 0.2) is 11.3 Å². The first-order valence-electron chi connectivity index (χ1n) is 4.77. The van der Waals surface area contributed by atoms with Crippen molar-refractivity contribution in [1.29, 1.82) is 0 Å². The van der Waals surface area contributed by atoms with Crippen LogP contribution in [0.1, 0.15) is 17.4 Å². The molecule has 5 nitrogen and oxygen atoms in total. The molecule has 0 saturated heterocycles. The van der Waals surface area contributed by atoms with Gasteiger partial charge in [-0.2, -0.15) is 0 Å². The van der Waals surface area contributed by atoms with Gasteiger partial charge in [-0.3, -0.25) is 0 Å². The topological polar surface area (TPSA) is 57.0 Å². The molecule has 0 atom stereocenters. The zero-order valence-corrected chi connectivity index (χ0v) is 9.65. The minimum Gasteiger partial charge on any atom is -0.464 e. The standard InChI is InChI=1S/C10H10ClN3O2/c1-3-14-5-7(11)6-4-8(10(15)16-2)12-13-9(6)14/h4-5H,3H2,1-2H3. The third-order valence-corrected chi connectivity index (χ3v) is 2.61. The van der Waals surface area contributed by atoms with Gasteiger partial charge in [-0.05, 0) is 13.0 Å². The number of nitrogens with zero attached hydrogens (tertiary/aromatic N) is 3. The number of aryl methyl sites for hydroxylation is 1. The quantitative estimate of drug-likeness (QED) is 0.751. The SMILES string of the molecule is CCn1cc(Cl)c2cc(C(=O)OC)nnc21. The predicted molar refractivity (Wildman–Crippen MR) is 59.6 cm³/mol. The van der Waals surface area contributed by atoms with Crippen LogP contribution in [0.3, 0.4) is 0 Å². The lowest BCUT2D eigenvalue weighted by Gasteiger charge is -1.99. The Morgan fingerprint density at radius 2 is 2.31 bits per heavy atom. The number of ether oxygens (including phenoxy) is 1. The second-order valence-electron chi connectivity index (χ2n) is 3.22. The molecule has 2 aromatic heterocycles. The number of hydrogen-bond acceptors (Lipinski definition) is 4. The Hall–Kier alpha value is -1.62. The number of esters is 1. The molecule has 0 saturated carbocycles. The number of halogens is 1. The third-order valence-electron chi connectivity index (χ3n) is 2.31. The van der Waals surface area contributed by atoms with Crippen molar-refractivity contribution in [1.82, 2.24) is 14.8 Å². The molecule has 0 fully saturated rings. The first-order chi connectivity index (χ1) is 7.67. The summed E-state index contributed by atoms with van der Waals surface area (Å²) in [4.78, 5) is 11.3. The van der Waals surface area contributed by atoms with Crippen LogP contribution >= 0.6 is 11.6 Å². The summed E-state index contributed by atoms with van der Waals surface area (Å²) in [5.74, 6) is -0.519. The van der Waals surface area contributed by atoms with Crippen molar-refractivity contribution in [2.45, 2.75) is 13.5 Å². The highest BCUT2D eigenvalue weighted by molar-refractivity contribution is 6.35. The fraction of sp³-hybridized carbons (Fsp3) is 0.300. The normalized spacial score (nSPS) is 10.7. The minimum absolute atomic E-state index is 0.158. The number of hydrogen-bond donors (Lipinski definition) is 0. The van der Waals surface area contributed by atoms with E-state index < -0.39 is 5.97 Å². The van der Waals surface area contributed by atoms with Crippen molar-refractivity contribution in [3.8, 4) is 0 Å². The fourth-order valence-corrected chi connectivity index (χ4v) is 1.74. The molecule has 0 amide bonds. The van der Waals surface area contributed by atoms with Gasteiger partial charge in [0.25, 0.3) is 0 Å². The number of carbonyl (C=O) groups excluding carboxylic acids is 1. The summed E-state index contributed by atoms with van der Waals surface area (Å²) >= 11 is 6.04. The average molecular weight is 240 g/mol. The highest BCUT2D eigenvalue weighted by Gasteiger charge is 2.13. The number of methoxy groups -OCH3 is 1. The van der Waals surface area contributed by atoms with E-state index in [2.05, 4.69) is 14.9 Å². The first-order valence-corrected chi connectivity index (χ1v) is 5.15. The van der Waals surface area contributed by atoms with Gasteiger partial charge >= 0.3 is 5.97 Å². The minimum atomic E-state index is -0.519. The maximum Gasteiger partial charge on any atom is 0.358 e. The Kier molecular flexibility index (Phi) is 2.78. The van der Waals surface area contributed by atoms with E-state index in [1.54, 1.807) is 12.3 Å². The van der Waals surface area contributed by atoms with Crippen LogP contribution in [-0.2, 0) is 11.3 Å². The summed E-state index contributed by atoms with van der Waals surface area (Å²) in [7, 11) is 1.30. The van der Waals surface area contributed by atoms with Crippen LogP contribution in [0.2, 0.25) is 5.02 Å². The number of fused-ring (bicyclic) bond motifs is 1. The van der Waals surface area contributed by atoms with Crippen LogP contribution < -0.4 is 0 Å². The summed E-state index contributed by atoms with van der Waals surface area (Å²) in [5, 5.41) is 9.03. The number of rotatable bonds is 2. The second kappa shape index (κ2) is 4.09. The predicted octanol–water partition coefficient (Wildman–Crippen LogP) is 1.89. The van der Waals surface area contributed by atoms with Crippen LogP contribution in [0, 0.1) is 0 Å². The van der Waals surface area contributed by atoms with Gasteiger partial charge in [0.05, 0.1) is 12.1 Å². The summed E-state index contributed by atoms with van der Waals surface area (Å²) < 4.78 is 6.43. The van der Waals surface area contributed by atoms with E-state index in [-0.39, 0.29) is 5.69 Å². The largest absolute Gasteiger partial charge is 0.464 e. The van der Waals surface area contributed by atoms with E-state index >= 15 is 0 Å². The smallest absolute Gasteiger partial charge is 0.358 e. The summed E-state index contributed by atoms with van der Waals surface area (Å²) in [6.07, 6.45) is 1.77. The molecule has 0 bridgehead atoms. The summed E-state index contributed by atoms with van der Waals surface area (Å²) in [6.45, 7) is 2.72. The molecular weight excluding hydrogens is 230 g/mol. The lowest BCUT2D eigenvalue weighted by Crippen LogP contribution is -2.06. The molecule has 16 heavy (non-hydrogen) atoms. The van der Waals surface area contributed by atoms with E-state index in [1.807, 2.05) is 11.5 Å².